The van der Waals surface area contributed by atoms with E-state index in [1.807, 2.05) is 37.4 Å². The molecule has 2 rings (SSSR count). The molecule has 0 aliphatic rings. The summed E-state index contributed by atoms with van der Waals surface area (Å²) in [5.41, 5.74) is 2.12. The number of hydrogen-bond acceptors (Lipinski definition) is 2. The fraction of sp³-hybridized carbons (Fsp3) is 0.250. The van der Waals surface area contributed by atoms with E-state index in [1.54, 1.807) is 0 Å². The van der Waals surface area contributed by atoms with E-state index < -0.39 is 0 Å². The molecule has 19 heavy (non-hydrogen) atoms. The molecule has 0 fully saturated rings. The van der Waals surface area contributed by atoms with Crippen molar-refractivity contribution < 1.29 is 9.13 Å². The number of halogens is 1. The van der Waals surface area contributed by atoms with Gasteiger partial charge in [0.15, 0.2) is 0 Å². The van der Waals surface area contributed by atoms with Crippen LogP contribution in [-0.4, -0.2) is 7.05 Å². The van der Waals surface area contributed by atoms with E-state index in [0.29, 0.717) is 12.3 Å². The molecular formula is C16H18FNO. The summed E-state index contributed by atoms with van der Waals surface area (Å²) >= 11 is 0. The van der Waals surface area contributed by atoms with Crippen LogP contribution in [0.5, 0.6) is 11.5 Å². The number of nitrogens with one attached hydrogen (secondary N) is 1. The van der Waals surface area contributed by atoms with Crippen molar-refractivity contribution in [2.24, 2.45) is 0 Å². The summed E-state index contributed by atoms with van der Waals surface area (Å²) < 4.78 is 19.1. The van der Waals surface area contributed by atoms with Gasteiger partial charge in [-0.1, -0.05) is 19.1 Å². The second-order valence-corrected chi connectivity index (χ2v) is 4.43. The summed E-state index contributed by atoms with van der Waals surface area (Å²) in [5.74, 6) is 0.959. The van der Waals surface area contributed by atoms with Gasteiger partial charge < -0.3 is 10.1 Å². The van der Waals surface area contributed by atoms with Crippen LogP contribution >= 0.6 is 0 Å². The first-order valence-corrected chi connectivity index (χ1v) is 6.42. The van der Waals surface area contributed by atoms with Gasteiger partial charge in [-0.25, -0.2) is 4.39 Å². The van der Waals surface area contributed by atoms with E-state index in [2.05, 4.69) is 12.2 Å². The normalized spacial score (nSPS) is 10.5. The molecule has 0 amide bonds. The maximum Gasteiger partial charge on any atom is 0.130 e. The zero-order chi connectivity index (χ0) is 13.7. The highest BCUT2D eigenvalue weighted by molar-refractivity contribution is 5.35. The molecule has 3 heteroatoms. The lowest BCUT2D eigenvalue weighted by atomic mass is 10.2. The van der Waals surface area contributed by atoms with Crippen LogP contribution in [0, 0.1) is 5.82 Å². The van der Waals surface area contributed by atoms with E-state index in [-0.39, 0.29) is 5.82 Å². The standard InChI is InChI=1S/C16H18FNO/c1-3-12-4-6-15(7-5-12)19-16-9-13(11-18-2)8-14(17)10-16/h4-10,18H,3,11H2,1-2H3. The van der Waals surface area contributed by atoms with Crippen LogP contribution in [0.2, 0.25) is 0 Å². The maximum absolute atomic E-state index is 13.5. The molecule has 0 saturated carbocycles. The Morgan fingerprint density at radius 2 is 1.74 bits per heavy atom. The molecule has 0 unspecified atom stereocenters. The average Bonchev–Trinajstić information content (AvgIpc) is 2.39. The smallest absolute Gasteiger partial charge is 0.130 e. The summed E-state index contributed by atoms with van der Waals surface area (Å²) in [6.07, 6.45) is 0.993. The van der Waals surface area contributed by atoms with Crippen molar-refractivity contribution >= 4 is 0 Å². The lowest BCUT2D eigenvalue weighted by molar-refractivity contribution is 0.475. The maximum atomic E-state index is 13.5. The van der Waals surface area contributed by atoms with Crippen molar-refractivity contribution in [2.75, 3.05) is 7.05 Å². The second kappa shape index (κ2) is 6.34. The quantitative estimate of drug-likeness (QED) is 0.879. The molecule has 0 aliphatic heterocycles. The van der Waals surface area contributed by atoms with Crippen LogP contribution in [-0.2, 0) is 13.0 Å². The third kappa shape index (κ3) is 3.80. The van der Waals surface area contributed by atoms with Crippen LogP contribution in [0.15, 0.2) is 42.5 Å². The average molecular weight is 259 g/mol. The second-order valence-electron chi connectivity index (χ2n) is 4.43. The molecule has 0 aromatic heterocycles. The number of rotatable bonds is 5. The molecule has 0 saturated heterocycles. The van der Waals surface area contributed by atoms with Crippen molar-refractivity contribution in [2.45, 2.75) is 19.9 Å². The van der Waals surface area contributed by atoms with E-state index >= 15 is 0 Å². The molecule has 1 N–H and O–H groups in total. The van der Waals surface area contributed by atoms with Gasteiger partial charge in [0.05, 0.1) is 0 Å². The zero-order valence-corrected chi connectivity index (χ0v) is 11.2. The highest BCUT2D eigenvalue weighted by Gasteiger charge is 2.03. The SMILES string of the molecule is CCc1ccc(Oc2cc(F)cc(CNC)c2)cc1. The Hall–Kier alpha value is -1.87. The molecule has 2 nitrogen and oxygen atoms in total. The molecule has 0 spiro atoms. The van der Waals surface area contributed by atoms with Gasteiger partial charge in [0, 0.05) is 12.6 Å². The minimum absolute atomic E-state index is 0.284. The minimum atomic E-state index is -0.284. The van der Waals surface area contributed by atoms with Gasteiger partial charge in [0.1, 0.15) is 17.3 Å². The Kier molecular flexibility index (Phi) is 4.53. The summed E-state index contributed by atoms with van der Waals surface area (Å²) in [7, 11) is 1.83. The van der Waals surface area contributed by atoms with Crippen LogP contribution in [0.25, 0.3) is 0 Å². The molecule has 0 atom stereocenters. The molecule has 2 aromatic carbocycles. The van der Waals surface area contributed by atoms with Crippen molar-refractivity contribution in [3.05, 3.63) is 59.4 Å². The lowest BCUT2D eigenvalue weighted by Gasteiger charge is -2.09. The highest BCUT2D eigenvalue weighted by atomic mass is 19.1. The van der Waals surface area contributed by atoms with E-state index in [1.165, 1.54) is 17.7 Å². The minimum Gasteiger partial charge on any atom is -0.457 e. The zero-order valence-electron chi connectivity index (χ0n) is 11.2. The number of hydrogen-bond donors (Lipinski definition) is 1. The van der Waals surface area contributed by atoms with Gasteiger partial charge in [-0.3, -0.25) is 0 Å². The van der Waals surface area contributed by atoms with Gasteiger partial charge in [-0.2, -0.15) is 0 Å². The predicted molar refractivity (Wildman–Crippen MR) is 75.1 cm³/mol. The Morgan fingerprint density at radius 3 is 2.37 bits per heavy atom. The monoisotopic (exact) mass is 259 g/mol. The molecular weight excluding hydrogens is 241 g/mol. The third-order valence-corrected chi connectivity index (χ3v) is 2.88. The molecule has 0 heterocycles. The molecule has 0 radical (unpaired) electrons. The van der Waals surface area contributed by atoms with Crippen LogP contribution < -0.4 is 10.1 Å². The first kappa shape index (κ1) is 13.6. The Balaban J connectivity index is 2.17. The lowest BCUT2D eigenvalue weighted by Crippen LogP contribution is -2.05. The Morgan fingerprint density at radius 1 is 1.00 bits per heavy atom. The number of benzene rings is 2. The van der Waals surface area contributed by atoms with Gasteiger partial charge in [0.25, 0.3) is 0 Å². The highest BCUT2D eigenvalue weighted by Crippen LogP contribution is 2.24. The topological polar surface area (TPSA) is 21.3 Å². The van der Waals surface area contributed by atoms with Gasteiger partial charge >= 0.3 is 0 Å². The Labute approximate surface area is 113 Å². The number of aryl methyl sites for hydroxylation is 1. The largest absolute Gasteiger partial charge is 0.457 e. The van der Waals surface area contributed by atoms with E-state index in [9.17, 15) is 4.39 Å². The van der Waals surface area contributed by atoms with Gasteiger partial charge in [0.2, 0.25) is 0 Å². The van der Waals surface area contributed by atoms with E-state index in [0.717, 1.165) is 17.7 Å². The van der Waals surface area contributed by atoms with Gasteiger partial charge in [-0.15, -0.1) is 0 Å². The summed E-state index contributed by atoms with van der Waals surface area (Å²) in [6, 6.07) is 12.6. The first-order valence-electron chi connectivity index (χ1n) is 6.42. The van der Waals surface area contributed by atoms with Crippen molar-refractivity contribution in [3.8, 4) is 11.5 Å². The van der Waals surface area contributed by atoms with Crippen LogP contribution in [0.1, 0.15) is 18.1 Å². The van der Waals surface area contributed by atoms with E-state index in [4.69, 9.17) is 4.74 Å². The van der Waals surface area contributed by atoms with Crippen molar-refractivity contribution in [3.63, 3.8) is 0 Å². The fourth-order valence-electron chi connectivity index (χ4n) is 1.92. The summed E-state index contributed by atoms with van der Waals surface area (Å²) in [4.78, 5) is 0. The molecule has 0 aliphatic carbocycles. The van der Waals surface area contributed by atoms with Gasteiger partial charge in [-0.05, 0) is 48.9 Å². The fourth-order valence-corrected chi connectivity index (χ4v) is 1.92. The van der Waals surface area contributed by atoms with Crippen LogP contribution in [0.4, 0.5) is 4.39 Å². The first-order chi connectivity index (χ1) is 9.21. The van der Waals surface area contributed by atoms with Crippen molar-refractivity contribution in [1.29, 1.82) is 0 Å². The molecule has 0 bridgehead atoms. The van der Waals surface area contributed by atoms with Crippen molar-refractivity contribution in [1.82, 2.24) is 5.32 Å². The number of ether oxygens (including phenoxy) is 1. The molecule has 100 valence electrons. The Bertz CT molecular complexity index is 537. The predicted octanol–water partition coefficient (Wildman–Crippen LogP) is 3.90. The summed E-state index contributed by atoms with van der Waals surface area (Å²) in [6.45, 7) is 2.72. The summed E-state index contributed by atoms with van der Waals surface area (Å²) in [5, 5.41) is 3.00. The third-order valence-electron chi connectivity index (χ3n) is 2.88. The van der Waals surface area contributed by atoms with Crippen LogP contribution in [0.3, 0.4) is 0 Å². The molecule has 2 aromatic rings.